The Kier molecular flexibility index (Phi) is 3.72. The van der Waals surface area contributed by atoms with Gasteiger partial charge in [-0.2, -0.15) is 11.8 Å². The van der Waals surface area contributed by atoms with Gasteiger partial charge in [0.1, 0.15) is 5.82 Å². The number of ketones is 1. The number of rotatable bonds is 3. The number of hydrogen-bond donors (Lipinski definition) is 0. The van der Waals surface area contributed by atoms with E-state index in [4.69, 9.17) is 0 Å². The molecule has 1 aromatic carbocycles. The maximum Gasteiger partial charge on any atom is 0.159 e. The molecule has 1 heterocycles. The Balaban J connectivity index is 2.23. The molecular weight excluding hydrogens is 237 g/mol. The monoisotopic (exact) mass is 253 g/mol. The molecule has 0 radical (unpaired) electrons. The molecule has 17 heavy (non-hydrogen) atoms. The molecule has 1 fully saturated rings. The summed E-state index contributed by atoms with van der Waals surface area (Å²) < 4.78 is 13.9. The Hall–Kier alpha value is -1.03. The summed E-state index contributed by atoms with van der Waals surface area (Å²) in [6, 6.07) is 5.13. The van der Waals surface area contributed by atoms with Crippen molar-refractivity contribution in [2.24, 2.45) is 0 Å². The van der Waals surface area contributed by atoms with Gasteiger partial charge in [-0.05, 0) is 37.3 Å². The minimum atomic E-state index is -0.308. The van der Waals surface area contributed by atoms with Gasteiger partial charge in [0, 0.05) is 24.4 Å². The fourth-order valence-electron chi connectivity index (χ4n) is 2.04. The summed E-state index contributed by atoms with van der Waals surface area (Å²) in [5.41, 5.74) is 1.02. The van der Waals surface area contributed by atoms with Crippen molar-refractivity contribution < 1.29 is 9.18 Å². The van der Waals surface area contributed by atoms with Crippen molar-refractivity contribution in [2.75, 3.05) is 23.5 Å². The minimum absolute atomic E-state index is 0.102. The molecule has 2 rings (SSSR count). The predicted octanol–water partition coefficient (Wildman–Crippen LogP) is 2.97. The molecule has 92 valence electrons. The number of anilines is 1. The first kappa shape index (κ1) is 12.4. The second-order valence-electron chi connectivity index (χ2n) is 4.35. The lowest BCUT2D eigenvalue weighted by Gasteiger charge is -2.26. The number of thioether (sulfide) groups is 1. The molecule has 0 aromatic heterocycles. The number of halogens is 1. The van der Waals surface area contributed by atoms with Crippen molar-refractivity contribution in [2.45, 2.75) is 19.4 Å². The Morgan fingerprint density at radius 2 is 2.29 bits per heavy atom. The first-order valence-electron chi connectivity index (χ1n) is 5.70. The lowest BCUT2D eigenvalue weighted by atomic mass is 10.1. The average Bonchev–Trinajstić information content (AvgIpc) is 2.81. The summed E-state index contributed by atoms with van der Waals surface area (Å²) in [5, 5.41) is 0. The van der Waals surface area contributed by atoms with Crippen molar-refractivity contribution in [1.29, 1.82) is 0 Å². The summed E-state index contributed by atoms with van der Waals surface area (Å²) in [5.74, 6) is 1.78. The number of nitrogens with zero attached hydrogens (tertiary/aromatic N) is 1. The lowest BCUT2D eigenvalue weighted by Crippen LogP contribution is -2.31. The molecular formula is C13H16FNOS. The fourth-order valence-corrected chi connectivity index (χ4v) is 3.30. The van der Waals surface area contributed by atoms with Gasteiger partial charge < -0.3 is 4.90 Å². The lowest BCUT2D eigenvalue weighted by molar-refractivity contribution is 0.101. The molecule has 1 atom stereocenters. The number of benzene rings is 1. The zero-order valence-electron chi connectivity index (χ0n) is 10.1. The Morgan fingerprint density at radius 1 is 1.53 bits per heavy atom. The molecule has 1 aliphatic heterocycles. The molecule has 1 aliphatic rings. The molecule has 2 nitrogen and oxygen atoms in total. The largest absolute Gasteiger partial charge is 0.368 e. The molecule has 4 heteroatoms. The highest BCUT2D eigenvalue weighted by Gasteiger charge is 2.22. The van der Waals surface area contributed by atoms with Crippen LogP contribution in [-0.2, 0) is 0 Å². The second-order valence-corrected chi connectivity index (χ2v) is 5.50. The Bertz CT molecular complexity index is 429. The van der Waals surface area contributed by atoms with Crippen LogP contribution in [0.4, 0.5) is 10.1 Å². The van der Waals surface area contributed by atoms with Crippen LogP contribution in [0.25, 0.3) is 0 Å². The number of Topliss-reactive ketones (excluding diaryl/α,β-unsaturated/α-hetero) is 1. The molecule has 0 spiro atoms. The summed E-state index contributed by atoms with van der Waals surface area (Å²) in [4.78, 5) is 13.1. The van der Waals surface area contributed by atoms with E-state index in [0.717, 1.165) is 17.9 Å². The van der Waals surface area contributed by atoms with Crippen LogP contribution in [0.5, 0.6) is 0 Å². The van der Waals surface area contributed by atoms with Gasteiger partial charge in [-0.3, -0.25) is 4.79 Å². The zero-order chi connectivity index (χ0) is 12.4. The standard InChI is InChI=1S/C13H16FNOS/c1-9(16)10-3-4-13(12(14)7-10)15(2)11-5-6-17-8-11/h3-4,7,11H,5-6,8H2,1-2H3. The first-order chi connectivity index (χ1) is 8.09. The van der Waals surface area contributed by atoms with E-state index in [1.165, 1.54) is 13.0 Å². The minimum Gasteiger partial charge on any atom is -0.368 e. The quantitative estimate of drug-likeness (QED) is 0.772. The summed E-state index contributed by atoms with van der Waals surface area (Å²) in [6.45, 7) is 1.45. The van der Waals surface area contributed by atoms with Crippen molar-refractivity contribution in [3.63, 3.8) is 0 Å². The summed E-state index contributed by atoms with van der Waals surface area (Å²) in [7, 11) is 1.92. The van der Waals surface area contributed by atoms with Gasteiger partial charge in [0.05, 0.1) is 5.69 Å². The molecule has 0 saturated carbocycles. The molecule has 0 bridgehead atoms. The number of carbonyl (C=O) groups excluding carboxylic acids is 1. The molecule has 0 N–H and O–H groups in total. The van der Waals surface area contributed by atoms with Crippen LogP contribution in [0.15, 0.2) is 18.2 Å². The van der Waals surface area contributed by atoms with E-state index in [2.05, 4.69) is 0 Å². The molecule has 0 aliphatic carbocycles. The maximum atomic E-state index is 13.9. The van der Waals surface area contributed by atoms with Crippen LogP contribution in [0, 0.1) is 5.82 Å². The van der Waals surface area contributed by atoms with Gasteiger partial charge >= 0.3 is 0 Å². The maximum absolute atomic E-state index is 13.9. The average molecular weight is 253 g/mol. The molecule has 0 amide bonds. The van der Waals surface area contributed by atoms with Crippen molar-refractivity contribution in [3.8, 4) is 0 Å². The van der Waals surface area contributed by atoms with Crippen LogP contribution in [0.2, 0.25) is 0 Å². The van der Waals surface area contributed by atoms with Crippen LogP contribution >= 0.6 is 11.8 Å². The van der Waals surface area contributed by atoms with E-state index in [1.54, 1.807) is 12.1 Å². The highest BCUT2D eigenvalue weighted by Crippen LogP contribution is 2.28. The van der Waals surface area contributed by atoms with Crippen molar-refractivity contribution in [3.05, 3.63) is 29.6 Å². The van der Waals surface area contributed by atoms with Crippen LogP contribution in [-0.4, -0.2) is 30.4 Å². The van der Waals surface area contributed by atoms with Gasteiger partial charge in [-0.25, -0.2) is 4.39 Å². The van der Waals surface area contributed by atoms with Gasteiger partial charge in [0.25, 0.3) is 0 Å². The summed E-state index contributed by atoms with van der Waals surface area (Å²) >= 11 is 1.90. The van der Waals surface area contributed by atoms with Crippen LogP contribution in [0.1, 0.15) is 23.7 Å². The third-order valence-corrected chi connectivity index (χ3v) is 4.33. The van der Waals surface area contributed by atoms with E-state index in [-0.39, 0.29) is 11.6 Å². The fraction of sp³-hybridized carbons (Fsp3) is 0.462. The van der Waals surface area contributed by atoms with Gasteiger partial charge in [-0.1, -0.05) is 0 Å². The molecule has 1 unspecified atom stereocenters. The van der Waals surface area contributed by atoms with Crippen LogP contribution in [0.3, 0.4) is 0 Å². The highest BCUT2D eigenvalue weighted by atomic mass is 32.2. The Morgan fingerprint density at radius 3 is 2.82 bits per heavy atom. The van der Waals surface area contributed by atoms with Gasteiger partial charge in [0.2, 0.25) is 0 Å². The van der Waals surface area contributed by atoms with Crippen molar-refractivity contribution in [1.82, 2.24) is 0 Å². The highest BCUT2D eigenvalue weighted by molar-refractivity contribution is 7.99. The third-order valence-electron chi connectivity index (χ3n) is 3.19. The normalized spacial score (nSPS) is 19.4. The van der Waals surface area contributed by atoms with Crippen molar-refractivity contribution >= 4 is 23.2 Å². The third kappa shape index (κ3) is 2.63. The number of carbonyl (C=O) groups is 1. The first-order valence-corrected chi connectivity index (χ1v) is 6.86. The van der Waals surface area contributed by atoms with E-state index < -0.39 is 0 Å². The van der Waals surface area contributed by atoms with E-state index >= 15 is 0 Å². The SMILES string of the molecule is CC(=O)c1ccc(N(C)C2CCSC2)c(F)c1. The van der Waals surface area contributed by atoms with E-state index in [9.17, 15) is 9.18 Å². The topological polar surface area (TPSA) is 20.3 Å². The van der Waals surface area contributed by atoms with Crippen LogP contribution < -0.4 is 4.90 Å². The second kappa shape index (κ2) is 5.08. The zero-order valence-corrected chi connectivity index (χ0v) is 10.9. The smallest absolute Gasteiger partial charge is 0.159 e. The van der Waals surface area contributed by atoms with Gasteiger partial charge in [-0.15, -0.1) is 0 Å². The Labute approximate surface area is 105 Å². The molecule has 1 saturated heterocycles. The predicted molar refractivity (Wildman–Crippen MR) is 70.5 cm³/mol. The number of hydrogen-bond acceptors (Lipinski definition) is 3. The molecule has 1 aromatic rings. The van der Waals surface area contributed by atoms with E-state index in [1.807, 2.05) is 23.7 Å². The summed E-state index contributed by atoms with van der Waals surface area (Å²) in [6.07, 6.45) is 1.09. The van der Waals surface area contributed by atoms with Gasteiger partial charge in [0.15, 0.2) is 5.78 Å². The van der Waals surface area contributed by atoms with E-state index in [0.29, 0.717) is 17.3 Å².